The minimum Gasteiger partial charge on any atom is -0.391 e. The Kier molecular flexibility index (Phi) is 5.67. The van der Waals surface area contributed by atoms with Crippen LogP contribution in [0.3, 0.4) is 0 Å². The lowest BCUT2D eigenvalue weighted by atomic mass is 10.2. The average molecular weight is 451 g/mol. The average Bonchev–Trinajstić information content (AvgIpc) is 3.41. The molecule has 32 heavy (non-hydrogen) atoms. The van der Waals surface area contributed by atoms with Crippen LogP contribution in [0.5, 0.6) is 0 Å². The van der Waals surface area contributed by atoms with Crippen LogP contribution >= 0.6 is 11.3 Å². The van der Waals surface area contributed by atoms with Crippen LogP contribution < -0.4 is 16.2 Å². The number of hydrogen-bond acceptors (Lipinski definition) is 6. The molecule has 1 saturated carbocycles. The zero-order valence-corrected chi connectivity index (χ0v) is 18.7. The second kappa shape index (κ2) is 8.76. The van der Waals surface area contributed by atoms with Gasteiger partial charge in [0.25, 0.3) is 5.56 Å². The number of pyridine rings is 2. The van der Waals surface area contributed by atoms with Gasteiger partial charge in [-0.2, -0.15) is 0 Å². The minimum absolute atomic E-state index is 0.0720. The van der Waals surface area contributed by atoms with E-state index in [0.717, 1.165) is 53.8 Å². The van der Waals surface area contributed by atoms with Gasteiger partial charge in [0, 0.05) is 35.1 Å². The maximum atomic E-state index is 12.0. The molecule has 0 bridgehead atoms. The largest absolute Gasteiger partial charge is 0.391 e. The number of rotatable bonds is 5. The molecule has 0 aromatic carbocycles. The van der Waals surface area contributed by atoms with Gasteiger partial charge < -0.3 is 20.6 Å². The summed E-state index contributed by atoms with van der Waals surface area (Å²) in [7, 11) is 2.04. The second-order valence-corrected chi connectivity index (χ2v) is 9.48. The van der Waals surface area contributed by atoms with Crippen molar-refractivity contribution < 1.29 is 5.11 Å². The number of anilines is 2. The van der Waals surface area contributed by atoms with Crippen molar-refractivity contribution in [1.29, 1.82) is 0 Å². The van der Waals surface area contributed by atoms with E-state index >= 15 is 0 Å². The summed E-state index contributed by atoms with van der Waals surface area (Å²) in [5.74, 6) is 1.70. The van der Waals surface area contributed by atoms with Crippen molar-refractivity contribution in [3.63, 3.8) is 0 Å². The fraction of sp³-hybridized carbons (Fsp3) is 0.348. The molecule has 0 amide bonds. The standard InChI is InChI=1S/C23H26N6O2S/c1-28-13-20-19(11-18(14-30)32-20)27-23(28)26-16-6-5-15(10-16)25-21-8-7-17(12-24-21)29-9-3-2-4-22(29)31/h2-4,7-9,11-12,15-16,30H,5-6,10,13-14H2,1H3,(H,24,25)(H,26,27)/t15-,16-/m0/s1. The van der Waals surface area contributed by atoms with Crippen molar-refractivity contribution in [2.45, 2.75) is 44.5 Å². The Morgan fingerprint density at radius 3 is 3.00 bits per heavy atom. The molecule has 3 N–H and O–H groups in total. The predicted molar refractivity (Wildman–Crippen MR) is 128 cm³/mol. The quantitative estimate of drug-likeness (QED) is 0.553. The van der Waals surface area contributed by atoms with Gasteiger partial charge in [0.05, 0.1) is 36.8 Å². The summed E-state index contributed by atoms with van der Waals surface area (Å²) in [5.41, 5.74) is 1.74. The van der Waals surface area contributed by atoms with E-state index in [2.05, 4.69) is 20.5 Å². The molecule has 2 aliphatic rings. The van der Waals surface area contributed by atoms with E-state index < -0.39 is 0 Å². The minimum atomic E-state index is -0.0730. The number of aromatic nitrogens is 2. The Morgan fingerprint density at radius 2 is 2.22 bits per heavy atom. The van der Waals surface area contributed by atoms with Crippen molar-refractivity contribution in [3.05, 3.63) is 68.9 Å². The van der Waals surface area contributed by atoms with Crippen molar-refractivity contribution >= 4 is 28.8 Å². The van der Waals surface area contributed by atoms with Crippen LogP contribution in [0.15, 0.2) is 58.6 Å². The second-order valence-electron chi connectivity index (χ2n) is 8.26. The summed E-state index contributed by atoms with van der Waals surface area (Å²) in [6.45, 7) is 0.879. The lowest BCUT2D eigenvalue weighted by Gasteiger charge is -2.28. The number of fused-ring (bicyclic) bond motifs is 1. The SMILES string of the molecule is CN1Cc2sc(CO)cc2NC1=N[C@H]1CC[C@H](Nc2ccc(-n3ccccc3=O)cn2)C1. The van der Waals surface area contributed by atoms with Crippen LogP contribution in [0.4, 0.5) is 11.5 Å². The van der Waals surface area contributed by atoms with Crippen LogP contribution in [-0.4, -0.2) is 44.6 Å². The summed E-state index contributed by atoms with van der Waals surface area (Å²) in [5, 5.41) is 16.3. The molecule has 9 heteroatoms. The molecule has 0 unspecified atom stereocenters. The third-order valence-corrected chi connectivity index (χ3v) is 7.02. The van der Waals surface area contributed by atoms with Crippen LogP contribution in [0.2, 0.25) is 0 Å². The Bertz CT molecular complexity index is 1190. The number of nitrogens with zero attached hydrogens (tertiary/aromatic N) is 4. The van der Waals surface area contributed by atoms with Gasteiger partial charge in [-0.3, -0.25) is 9.36 Å². The summed E-state index contributed by atoms with van der Waals surface area (Å²) in [6, 6.07) is 11.5. The van der Waals surface area contributed by atoms with E-state index in [-0.39, 0.29) is 18.2 Å². The molecular formula is C23H26N6O2S. The number of aliphatic hydroxyl groups is 1. The van der Waals surface area contributed by atoms with Crippen LogP contribution in [0.1, 0.15) is 29.0 Å². The smallest absolute Gasteiger partial charge is 0.255 e. The number of aliphatic hydroxyl groups excluding tert-OH is 1. The van der Waals surface area contributed by atoms with Crippen LogP contribution in [-0.2, 0) is 13.2 Å². The molecule has 0 saturated heterocycles. The highest BCUT2D eigenvalue weighted by atomic mass is 32.1. The fourth-order valence-corrected chi connectivity index (χ4v) is 5.30. The van der Waals surface area contributed by atoms with Crippen LogP contribution in [0, 0.1) is 0 Å². The Morgan fingerprint density at radius 1 is 1.31 bits per heavy atom. The highest BCUT2D eigenvalue weighted by molar-refractivity contribution is 7.12. The first kappa shape index (κ1) is 20.7. The van der Waals surface area contributed by atoms with Crippen molar-refractivity contribution in [1.82, 2.24) is 14.5 Å². The number of hydrogen-bond donors (Lipinski definition) is 3. The molecule has 1 fully saturated rings. The monoisotopic (exact) mass is 450 g/mol. The Labute approximate surface area is 190 Å². The molecule has 5 rings (SSSR count). The van der Waals surface area contributed by atoms with Crippen molar-refractivity contribution in [3.8, 4) is 5.69 Å². The van der Waals surface area contributed by atoms with Crippen LogP contribution in [0.25, 0.3) is 5.69 Å². The molecule has 1 aliphatic carbocycles. The van der Waals surface area contributed by atoms with Crippen molar-refractivity contribution in [2.24, 2.45) is 4.99 Å². The summed E-state index contributed by atoms with van der Waals surface area (Å²) in [4.78, 5) is 25.8. The molecule has 0 spiro atoms. The summed E-state index contributed by atoms with van der Waals surface area (Å²) < 4.78 is 1.58. The van der Waals surface area contributed by atoms with Gasteiger partial charge in [-0.1, -0.05) is 6.07 Å². The van der Waals surface area contributed by atoms with Crippen molar-refractivity contribution in [2.75, 3.05) is 17.7 Å². The van der Waals surface area contributed by atoms with E-state index in [9.17, 15) is 9.90 Å². The van der Waals surface area contributed by atoms with E-state index in [1.807, 2.05) is 31.3 Å². The van der Waals surface area contributed by atoms with E-state index in [0.29, 0.717) is 6.04 Å². The summed E-state index contributed by atoms with van der Waals surface area (Å²) >= 11 is 1.64. The highest BCUT2D eigenvalue weighted by Crippen LogP contribution is 2.32. The van der Waals surface area contributed by atoms with E-state index in [4.69, 9.17) is 4.99 Å². The van der Waals surface area contributed by atoms with Gasteiger partial charge in [-0.25, -0.2) is 9.98 Å². The molecule has 8 nitrogen and oxygen atoms in total. The molecule has 3 aromatic heterocycles. The first-order valence-corrected chi connectivity index (χ1v) is 11.6. The van der Waals surface area contributed by atoms with Gasteiger partial charge in [-0.05, 0) is 43.5 Å². The topological polar surface area (TPSA) is 94.8 Å². The maximum absolute atomic E-state index is 12.0. The number of thiophene rings is 1. The molecule has 2 atom stereocenters. The van der Waals surface area contributed by atoms with Gasteiger partial charge in [0.2, 0.25) is 0 Å². The first-order chi connectivity index (χ1) is 15.6. The Hall–Kier alpha value is -3.17. The Balaban J connectivity index is 1.21. The fourth-order valence-electron chi connectivity index (χ4n) is 4.27. The number of nitrogens with one attached hydrogen (secondary N) is 2. The van der Waals surface area contributed by atoms with E-state index in [1.165, 1.54) is 10.9 Å². The molecule has 3 aromatic rings. The van der Waals surface area contributed by atoms with Gasteiger partial charge in [0.1, 0.15) is 5.82 Å². The zero-order valence-electron chi connectivity index (χ0n) is 17.9. The maximum Gasteiger partial charge on any atom is 0.255 e. The third-order valence-electron chi connectivity index (χ3n) is 5.92. The lowest BCUT2D eigenvalue weighted by Crippen LogP contribution is -2.37. The van der Waals surface area contributed by atoms with Gasteiger partial charge in [0.15, 0.2) is 5.96 Å². The molecular weight excluding hydrogens is 424 g/mol. The zero-order chi connectivity index (χ0) is 22.1. The number of aliphatic imine (C=N–C) groups is 1. The molecule has 1 aliphatic heterocycles. The normalized spacial score (nSPS) is 21.4. The lowest BCUT2D eigenvalue weighted by molar-refractivity contribution is 0.285. The third kappa shape index (κ3) is 4.26. The highest BCUT2D eigenvalue weighted by Gasteiger charge is 2.27. The van der Waals surface area contributed by atoms with Gasteiger partial charge in [-0.15, -0.1) is 11.3 Å². The molecule has 166 valence electrons. The molecule has 0 radical (unpaired) electrons. The molecule has 4 heterocycles. The summed E-state index contributed by atoms with van der Waals surface area (Å²) in [6.07, 6.45) is 6.46. The predicted octanol–water partition coefficient (Wildman–Crippen LogP) is 3.03. The first-order valence-electron chi connectivity index (χ1n) is 10.8. The number of guanidine groups is 1. The van der Waals surface area contributed by atoms with Gasteiger partial charge >= 0.3 is 0 Å². The van der Waals surface area contributed by atoms with E-state index in [1.54, 1.807) is 34.4 Å².